The lowest BCUT2D eigenvalue weighted by molar-refractivity contribution is 0.0526. The van der Waals surface area contributed by atoms with Gasteiger partial charge in [0.25, 0.3) is 0 Å². The van der Waals surface area contributed by atoms with E-state index in [1.807, 2.05) is 19.1 Å². The van der Waals surface area contributed by atoms with Crippen LogP contribution in [0.25, 0.3) is 0 Å². The zero-order valence-electron chi connectivity index (χ0n) is 15.2. The number of hydrogen-bond acceptors (Lipinski definition) is 5. The summed E-state index contributed by atoms with van der Waals surface area (Å²) in [5.41, 5.74) is 2.72. The molecule has 0 atom stereocenters. The summed E-state index contributed by atoms with van der Waals surface area (Å²) < 4.78 is 4.98. The van der Waals surface area contributed by atoms with E-state index < -0.39 is 0 Å². The largest absolute Gasteiger partial charge is 0.462 e. The molecule has 6 nitrogen and oxygen atoms in total. The van der Waals surface area contributed by atoms with Crippen LogP contribution in [-0.4, -0.2) is 37.1 Å². The number of guanidine groups is 1. The third kappa shape index (κ3) is 7.28. The zero-order valence-corrected chi connectivity index (χ0v) is 18.4. The van der Waals surface area contributed by atoms with Crippen LogP contribution in [0.3, 0.4) is 0 Å². The number of ether oxygens (including phenoxy) is 1. The molecule has 26 heavy (non-hydrogen) atoms. The highest BCUT2D eigenvalue weighted by Crippen LogP contribution is 2.08. The second kappa shape index (κ2) is 11.8. The normalized spacial score (nSPS) is 10.8. The average Bonchev–Trinajstić information content (AvgIpc) is 3.04. The molecule has 0 radical (unpaired) electrons. The molecule has 0 saturated heterocycles. The maximum Gasteiger partial charge on any atom is 0.338 e. The Labute approximate surface area is 175 Å². The molecule has 2 aromatic rings. The van der Waals surface area contributed by atoms with Crippen LogP contribution < -0.4 is 10.6 Å². The van der Waals surface area contributed by atoms with Gasteiger partial charge in [-0.15, -0.1) is 35.3 Å². The van der Waals surface area contributed by atoms with Gasteiger partial charge in [0.2, 0.25) is 0 Å². The first-order valence-corrected chi connectivity index (χ1v) is 9.12. The Morgan fingerprint density at radius 2 is 2.00 bits per heavy atom. The molecule has 1 aromatic carbocycles. The maximum absolute atomic E-state index is 11.6. The summed E-state index contributed by atoms with van der Waals surface area (Å²) in [4.78, 5) is 20.3. The molecule has 0 unspecified atom stereocenters. The number of aliphatic imine (C=N–C) groups is 1. The summed E-state index contributed by atoms with van der Waals surface area (Å²) in [5.74, 6) is 0.443. The Kier molecular flexibility index (Phi) is 10.2. The van der Waals surface area contributed by atoms with E-state index in [0.29, 0.717) is 18.7 Å². The number of aryl methyl sites for hydroxylation is 1. The van der Waals surface area contributed by atoms with Crippen LogP contribution in [0.1, 0.15) is 33.5 Å². The molecule has 0 aliphatic rings. The number of benzene rings is 1. The molecule has 0 aliphatic carbocycles. The number of halogens is 1. The molecule has 142 valence electrons. The van der Waals surface area contributed by atoms with E-state index in [9.17, 15) is 4.79 Å². The number of nitrogens with one attached hydrogen (secondary N) is 2. The van der Waals surface area contributed by atoms with Gasteiger partial charge in [0.15, 0.2) is 5.96 Å². The van der Waals surface area contributed by atoms with Gasteiger partial charge in [-0.25, -0.2) is 9.78 Å². The monoisotopic (exact) mass is 488 g/mol. The van der Waals surface area contributed by atoms with Crippen molar-refractivity contribution in [2.75, 3.05) is 20.2 Å². The highest BCUT2D eigenvalue weighted by molar-refractivity contribution is 14.0. The lowest BCUT2D eigenvalue weighted by Crippen LogP contribution is -2.37. The average molecular weight is 488 g/mol. The fourth-order valence-electron chi connectivity index (χ4n) is 2.21. The van der Waals surface area contributed by atoms with Crippen LogP contribution in [-0.2, 0) is 17.7 Å². The predicted molar refractivity (Wildman–Crippen MR) is 117 cm³/mol. The van der Waals surface area contributed by atoms with Gasteiger partial charge < -0.3 is 15.4 Å². The molecule has 2 N–H and O–H groups in total. The molecule has 1 heterocycles. The number of aromatic nitrogens is 1. The van der Waals surface area contributed by atoms with Crippen molar-refractivity contribution in [1.82, 2.24) is 15.6 Å². The molecule has 0 bridgehead atoms. The number of carbonyl (C=O) groups excluding carboxylic acids is 1. The molecule has 0 fully saturated rings. The number of esters is 1. The molecular formula is C18H25IN4O2S. The van der Waals surface area contributed by atoms with Crippen LogP contribution in [0.15, 0.2) is 34.6 Å². The Bertz CT molecular complexity index is 716. The molecule has 0 spiro atoms. The smallest absolute Gasteiger partial charge is 0.338 e. The first kappa shape index (κ1) is 22.4. The van der Waals surface area contributed by atoms with Crippen molar-refractivity contribution in [2.24, 2.45) is 4.99 Å². The predicted octanol–water partition coefficient (Wildman–Crippen LogP) is 3.15. The van der Waals surface area contributed by atoms with Gasteiger partial charge in [-0.2, -0.15) is 0 Å². The highest BCUT2D eigenvalue weighted by atomic mass is 127. The van der Waals surface area contributed by atoms with Gasteiger partial charge in [0, 0.05) is 31.9 Å². The minimum Gasteiger partial charge on any atom is -0.462 e. The molecule has 8 heteroatoms. The number of nitrogens with zero attached hydrogens (tertiary/aromatic N) is 2. The second-order valence-electron chi connectivity index (χ2n) is 5.38. The molecular weight excluding hydrogens is 463 g/mol. The fourth-order valence-corrected chi connectivity index (χ4v) is 2.86. The topological polar surface area (TPSA) is 75.6 Å². The Morgan fingerprint density at radius 1 is 1.27 bits per heavy atom. The van der Waals surface area contributed by atoms with Gasteiger partial charge in [0.1, 0.15) is 0 Å². The molecule has 0 saturated carbocycles. The van der Waals surface area contributed by atoms with E-state index in [2.05, 4.69) is 26.0 Å². The minimum atomic E-state index is -0.295. The van der Waals surface area contributed by atoms with Gasteiger partial charge >= 0.3 is 5.97 Å². The first-order valence-electron chi connectivity index (χ1n) is 8.24. The summed E-state index contributed by atoms with van der Waals surface area (Å²) in [6, 6.07) is 7.36. The maximum atomic E-state index is 11.6. The van der Waals surface area contributed by atoms with E-state index in [-0.39, 0.29) is 29.9 Å². The van der Waals surface area contributed by atoms with Crippen molar-refractivity contribution >= 4 is 47.2 Å². The summed E-state index contributed by atoms with van der Waals surface area (Å²) in [6.45, 7) is 5.58. The molecule has 0 aliphatic heterocycles. The van der Waals surface area contributed by atoms with Gasteiger partial charge in [-0.1, -0.05) is 12.1 Å². The molecule has 2 rings (SSSR count). The van der Waals surface area contributed by atoms with Gasteiger partial charge in [-0.05, 0) is 31.5 Å². The minimum absolute atomic E-state index is 0. The van der Waals surface area contributed by atoms with Crippen LogP contribution in [0.4, 0.5) is 0 Å². The van der Waals surface area contributed by atoms with Crippen molar-refractivity contribution in [1.29, 1.82) is 0 Å². The third-order valence-corrected chi connectivity index (χ3v) is 4.31. The molecule has 0 amide bonds. The van der Waals surface area contributed by atoms with Gasteiger partial charge in [0.05, 0.1) is 22.9 Å². The van der Waals surface area contributed by atoms with E-state index >= 15 is 0 Å². The lowest BCUT2D eigenvalue weighted by atomic mass is 10.1. The van der Waals surface area contributed by atoms with Crippen molar-refractivity contribution in [3.05, 3.63) is 51.5 Å². The number of thiazole rings is 1. The second-order valence-corrected chi connectivity index (χ2v) is 6.44. The van der Waals surface area contributed by atoms with Crippen molar-refractivity contribution in [3.63, 3.8) is 0 Å². The summed E-state index contributed by atoms with van der Waals surface area (Å²) >= 11 is 1.66. The van der Waals surface area contributed by atoms with Crippen molar-refractivity contribution in [3.8, 4) is 0 Å². The van der Waals surface area contributed by atoms with E-state index in [1.54, 1.807) is 37.4 Å². The standard InChI is InChI=1S/C18H24N4O2S.HI/c1-4-24-17(23)15-7-5-14(6-8-15)11-21-18(19-3)20-10-9-16-12-25-13(2)22-16;/h5-8,12H,4,9-11H2,1-3H3,(H2,19,20,21);1H. The zero-order chi connectivity index (χ0) is 18.1. The Morgan fingerprint density at radius 3 is 2.58 bits per heavy atom. The van der Waals surface area contributed by atoms with Crippen LogP contribution in [0.2, 0.25) is 0 Å². The SMILES string of the molecule is CCOC(=O)c1ccc(CNC(=NC)NCCc2csc(C)n2)cc1.I. The number of hydrogen-bond donors (Lipinski definition) is 2. The van der Waals surface area contributed by atoms with E-state index in [4.69, 9.17) is 4.74 Å². The summed E-state index contributed by atoms with van der Waals surface area (Å²) in [7, 11) is 1.74. The van der Waals surface area contributed by atoms with E-state index in [0.717, 1.165) is 35.2 Å². The fraction of sp³-hybridized carbons (Fsp3) is 0.389. The lowest BCUT2D eigenvalue weighted by Gasteiger charge is -2.11. The summed E-state index contributed by atoms with van der Waals surface area (Å²) in [5, 5.41) is 9.70. The Balaban J connectivity index is 0.00000338. The number of rotatable bonds is 7. The first-order chi connectivity index (χ1) is 12.1. The quantitative estimate of drug-likeness (QED) is 0.271. The number of carbonyl (C=O) groups is 1. The highest BCUT2D eigenvalue weighted by Gasteiger charge is 2.06. The molecule has 1 aromatic heterocycles. The van der Waals surface area contributed by atoms with Crippen LogP contribution in [0, 0.1) is 6.92 Å². The van der Waals surface area contributed by atoms with Crippen molar-refractivity contribution in [2.45, 2.75) is 26.8 Å². The van der Waals surface area contributed by atoms with Crippen molar-refractivity contribution < 1.29 is 9.53 Å². The summed E-state index contributed by atoms with van der Waals surface area (Å²) in [6.07, 6.45) is 0.860. The van der Waals surface area contributed by atoms with Crippen LogP contribution >= 0.6 is 35.3 Å². The Hall–Kier alpha value is -1.68. The van der Waals surface area contributed by atoms with Crippen LogP contribution in [0.5, 0.6) is 0 Å². The third-order valence-electron chi connectivity index (χ3n) is 3.49. The van der Waals surface area contributed by atoms with E-state index in [1.165, 1.54) is 0 Å². The van der Waals surface area contributed by atoms with Gasteiger partial charge in [-0.3, -0.25) is 4.99 Å².